The van der Waals surface area contributed by atoms with Crippen molar-refractivity contribution in [3.8, 4) is 11.1 Å². The number of nitrogens with one attached hydrogen (secondary N) is 1. The molecule has 0 aliphatic carbocycles. The van der Waals surface area contributed by atoms with Gasteiger partial charge in [-0.1, -0.05) is 41.4 Å². The lowest BCUT2D eigenvalue weighted by Crippen LogP contribution is -2.37. The van der Waals surface area contributed by atoms with Gasteiger partial charge in [-0.2, -0.15) is 0 Å². The molecule has 0 radical (unpaired) electrons. The second kappa shape index (κ2) is 6.41. The molecule has 21 heavy (non-hydrogen) atoms. The second-order valence-electron chi connectivity index (χ2n) is 4.72. The summed E-state index contributed by atoms with van der Waals surface area (Å²) in [5, 5.41) is 0.0180. The zero-order valence-electron chi connectivity index (χ0n) is 11.7. The van der Waals surface area contributed by atoms with Crippen LogP contribution in [0, 0.1) is 6.92 Å². The van der Waals surface area contributed by atoms with Crippen molar-refractivity contribution in [2.45, 2.75) is 13.5 Å². The Morgan fingerprint density at radius 3 is 2.67 bits per heavy atom. The summed E-state index contributed by atoms with van der Waals surface area (Å²) in [6, 6.07) is 7.30. The summed E-state index contributed by atoms with van der Waals surface area (Å²) in [6.07, 6.45) is 1.52. The summed E-state index contributed by atoms with van der Waals surface area (Å²) in [6.45, 7) is 2.00. The molecular weight excluding hydrogens is 312 g/mol. The van der Waals surface area contributed by atoms with Crippen LogP contribution in [0.3, 0.4) is 0 Å². The molecule has 1 N–H and O–H groups in total. The number of hydrogen-bond donors (Lipinski definition) is 1. The van der Waals surface area contributed by atoms with Crippen LogP contribution < -0.4 is 11.2 Å². The van der Waals surface area contributed by atoms with Crippen molar-refractivity contribution >= 4 is 22.4 Å². The third-order valence-electron chi connectivity index (χ3n) is 3.05. The number of H-pyrrole nitrogens is 1. The Balaban J connectivity index is 2.62. The van der Waals surface area contributed by atoms with Gasteiger partial charge in [0.1, 0.15) is 5.15 Å². The maximum atomic E-state index is 12.5. The van der Waals surface area contributed by atoms with Gasteiger partial charge < -0.3 is 0 Å². The second-order valence-corrected chi connectivity index (χ2v) is 6.66. The highest BCUT2D eigenvalue weighted by atomic mass is 35.5. The molecule has 2 rings (SSSR count). The fraction of sp³-hybridized carbons (Fsp3) is 0.286. The van der Waals surface area contributed by atoms with Gasteiger partial charge in [0.05, 0.1) is 5.56 Å². The van der Waals surface area contributed by atoms with Gasteiger partial charge in [-0.05, 0) is 12.5 Å². The van der Waals surface area contributed by atoms with Gasteiger partial charge in [0, 0.05) is 29.4 Å². The standard InChI is InChI=1S/C14H15ClN2O3S/c1-9-4-3-5-10(8-9)11-12(15)16-14(19)17(13(11)18)6-7-21(2)20/h3-5,8H,6-7H2,1-2H3,(H,16,19). The minimum absolute atomic E-state index is 0.0180. The Bertz CT molecular complexity index is 811. The van der Waals surface area contributed by atoms with Gasteiger partial charge in [-0.25, -0.2) is 4.79 Å². The Hall–Kier alpha value is -1.66. The molecule has 0 fully saturated rings. The predicted octanol–water partition coefficient (Wildman–Crippen LogP) is 1.54. The quantitative estimate of drug-likeness (QED) is 0.866. The van der Waals surface area contributed by atoms with Gasteiger partial charge in [0.2, 0.25) is 0 Å². The largest absolute Gasteiger partial charge is 0.329 e. The van der Waals surface area contributed by atoms with Crippen LogP contribution in [0.4, 0.5) is 0 Å². The van der Waals surface area contributed by atoms with Gasteiger partial charge >= 0.3 is 5.69 Å². The fourth-order valence-corrected chi connectivity index (χ4v) is 2.73. The number of nitrogens with zero attached hydrogens (tertiary/aromatic N) is 1. The molecule has 0 bridgehead atoms. The highest BCUT2D eigenvalue weighted by Crippen LogP contribution is 2.22. The first kappa shape index (κ1) is 15.7. The molecule has 0 saturated carbocycles. The molecule has 0 saturated heterocycles. The molecule has 1 atom stereocenters. The minimum Gasteiger partial charge on any atom is -0.297 e. The van der Waals surface area contributed by atoms with Crippen LogP contribution in [0.2, 0.25) is 5.15 Å². The highest BCUT2D eigenvalue weighted by molar-refractivity contribution is 7.84. The Labute approximate surface area is 129 Å². The Morgan fingerprint density at radius 2 is 2.05 bits per heavy atom. The zero-order chi connectivity index (χ0) is 15.6. The molecule has 0 amide bonds. The molecule has 1 heterocycles. The van der Waals surface area contributed by atoms with Gasteiger partial charge in [0.15, 0.2) is 0 Å². The lowest BCUT2D eigenvalue weighted by molar-refractivity contribution is 0.656. The monoisotopic (exact) mass is 326 g/mol. The van der Waals surface area contributed by atoms with Crippen LogP contribution in [-0.4, -0.2) is 25.8 Å². The topological polar surface area (TPSA) is 71.9 Å². The maximum absolute atomic E-state index is 12.5. The van der Waals surface area contributed by atoms with E-state index in [-0.39, 0.29) is 23.0 Å². The third-order valence-corrected chi connectivity index (χ3v) is 4.09. The van der Waals surface area contributed by atoms with Crippen LogP contribution in [0.1, 0.15) is 5.56 Å². The van der Waals surface area contributed by atoms with E-state index in [1.54, 1.807) is 6.07 Å². The van der Waals surface area contributed by atoms with E-state index >= 15 is 0 Å². The molecule has 5 nitrogen and oxygen atoms in total. The van der Waals surface area contributed by atoms with Gasteiger partial charge in [0.25, 0.3) is 5.56 Å². The van der Waals surface area contributed by atoms with Crippen molar-refractivity contribution in [2.75, 3.05) is 12.0 Å². The lowest BCUT2D eigenvalue weighted by Gasteiger charge is -2.09. The summed E-state index contributed by atoms with van der Waals surface area (Å²) >= 11 is 6.03. The molecule has 0 spiro atoms. The van der Waals surface area contributed by atoms with E-state index in [0.29, 0.717) is 5.56 Å². The number of aromatic nitrogens is 2. The number of rotatable bonds is 4. The van der Waals surface area contributed by atoms with Crippen molar-refractivity contribution < 1.29 is 4.21 Å². The van der Waals surface area contributed by atoms with Crippen LogP contribution in [0.5, 0.6) is 0 Å². The van der Waals surface area contributed by atoms with E-state index in [2.05, 4.69) is 4.98 Å². The highest BCUT2D eigenvalue weighted by Gasteiger charge is 2.14. The molecule has 1 unspecified atom stereocenters. The van der Waals surface area contributed by atoms with Crippen molar-refractivity contribution in [1.82, 2.24) is 9.55 Å². The first-order valence-corrected chi connectivity index (χ1v) is 8.40. The van der Waals surface area contributed by atoms with Crippen LogP contribution in [0.25, 0.3) is 11.1 Å². The molecule has 1 aromatic heterocycles. The molecule has 0 aliphatic rings. The third kappa shape index (κ3) is 3.51. The van der Waals surface area contributed by atoms with Crippen LogP contribution in [0.15, 0.2) is 33.9 Å². The number of benzene rings is 1. The maximum Gasteiger partial charge on any atom is 0.329 e. The van der Waals surface area contributed by atoms with E-state index in [4.69, 9.17) is 11.6 Å². The number of halogens is 1. The number of hydrogen-bond acceptors (Lipinski definition) is 3. The van der Waals surface area contributed by atoms with E-state index in [0.717, 1.165) is 10.1 Å². The Kier molecular flexibility index (Phi) is 4.80. The molecule has 1 aromatic carbocycles. The molecular formula is C14H15ClN2O3S. The summed E-state index contributed by atoms with van der Waals surface area (Å²) in [5.74, 6) is 0.234. The van der Waals surface area contributed by atoms with Crippen molar-refractivity contribution in [2.24, 2.45) is 0 Å². The van der Waals surface area contributed by atoms with Crippen molar-refractivity contribution in [3.05, 3.63) is 55.8 Å². The average Bonchev–Trinajstić information content (AvgIpc) is 2.37. The Morgan fingerprint density at radius 1 is 1.33 bits per heavy atom. The summed E-state index contributed by atoms with van der Waals surface area (Å²) < 4.78 is 12.2. The summed E-state index contributed by atoms with van der Waals surface area (Å²) in [4.78, 5) is 26.8. The van der Waals surface area contributed by atoms with E-state index < -0.39 is 22.0 Å². The number of aryl methyl sites for hydroxylation is 1. The van der Waals surface area contributed by atoms with E-state index in [1.807, 2.05) is 25.1 Å². The molecule has 0 aliphatic heterocycles. The molecule has 7 heteroatoms. The first-order valence-electron chi connectivity index (χ1n) is 6.30. The van der Waals surface area contributed by atoms with E-state index in [1.165, 1.54) is 6.26 Å². The smallest absolute Gasteiger partial charge is 0.297 e. The first-order chi connectivity index (χ1) is 9.90. The van der Waals surface area contributed by atoms with Crippen LogP contribution >= 0.6 is 11.6 Å². The molecule has 2 aromatic rings. The average molecular weight is 327 g/mol. The fourth-order valence-electron chi connectivity index (χ4n) is 2.02. The predicted molar refractivity (Wildman–Crippen MR) is 85.4 cm³/mol. The molecule has 112 valence electrons. The SMILES string of the molecule is Cc1cccc(-c2c(Cl)[nH]c(=O)n(CCS(C)=O)c2=O)c1. The van der Waals surface area contributed by atoms with E-state index in [9.17, 15) is 13.8 Å². The van der Waals surface area contributed by atoms with Crippen LogP contribution in [-0.2, 0) is 17.3 Å². The van der Waals surface area contributed by atoms with Crippen molar-refractivity contribution in [3.63, 3.8) is 0 Å². The van der Waals surface area contributed by atoms with Gasteiger partial charge in [-0.3, -0.25) is 18.6 Å². The summed E-state index contributed by atoms with van der Waals surface area (Å²) in [5.41, 5.74) is 0.816. The minimum atomic E-state index is -1.09. The normalized spacial score (nSPS) is 12.3. The van der Waals surface area contributed by atoms with Gasteiger partial charge in [-0.15, -0.1) is 0 Å². The number of aromatic amines is 1. The lowest BCUT2D eigenvalue weighted by atomic mass is 10.1. The zero-order valence-corrected chi connectivity index (χ0v) is 13.3. The summed E-state index contributed by atoms with van der Waals surface area (Å²) in [7, 11) is -1.09. The van der Waals surface area contributed by atoms with Crippen molar-refractivity contribution in [1.29, 1.82) is 0 Å².